The summed E-state index contributed by atoms with van der Waals surface area (Å²) >= 11 is 6.09. The quantitative estimate of drug-likeness (QED) is 0.716. The van der Waals surface area contributed by atoms with Gasteiger partial charge in [-0.2, -0.15) is 5.10 Å². The summed E-state index contributed by atoms with van der Waals surface area (Å²) in [5, 5.41) is 5.92. The van der Waals surface area contributed by atoms with E-state index >= 15 is 0 Å². The van der Waals surface area contributed by atoms with Crippen molar-refractivity contribution in [3.8, 4) is 5.69 Å². The van der Waals surface area contributed by atoms with Crippen molar-refractivity contribution in [2.75, 3.05) is 5.73 Å². The molecule has 0 aliphatic heterocycles. The lowest BCUT2D eigenvalue weighted by Crippen LogP contribution is -1.98. The predicted molar refractivity (Wildman–Crippen MR) is 68.3 cm³/mol. The molecule has 84 valence electrons. The lowest BCUT2D eigenvalue weighted by molar-refractivity contribution is 0.904. The summed E-state index contributed by atoms with van der Waals surface area (Å²) in [5.41, 5.74) is 7.36. The number of nitrogens with zero attached hydrogens (tertiary/aromatic N) is 3. The number of fused-ring (bicyclic) bond motifs is 1. The van der Waals surface area contributed by atoms with Gasteiger partial charge >= 0.3 is 0 Å². The molecular weight excluding hydrogens is 236 g/mol. The highest BCUT2D eigenvalue weighted by Crippen LogP contribution is 2.24. The summed E-state index contributed by atoms with van der Waals surface area (Å²) in [5.74, 6) is 0.489. The smallest absolute Gasteiger partial charge is 0.123 e. The molecule has 0 aliphatic rings. The van der Waals surface area contributed by atoms with Crippen LogP contribution < -0.4 is 5.73 Å². The van der Waals surface area contributed by atoms with Crippen LogP contribution in [0.25, 0.3) is 16.6 Å². The van der Waals surface area contributed by atoms with Crippen molar-refractivity contribution in [2.24, 2.45) is 0 Å². The molecule has 3 aromatic rings. The van der Waals surface area contributed by atoms with E-state index < -0.39 is 0 Å². The molecule has 0 radical (unpaired) electrons. The molecule has 0 fully saturated rings. The SMILES string of the molecule is Nc1ccc(-n2ncc3c(Cl)cccc32)cn1. The summed E-state index contributed by atoms with van der Waals surface area (Å²) in [7, 11) is 0. The minimum Gasteiger partial charge on any atom is -0.384 e. The van der Waals surface area contributed by atoms with Crippen LogP contribution in [0.2, 0.25) is 5.02 Å². The van der Waals surface area contributed by atoms with E-state index in [-0.39, 0.29) is 0 Å². The maximum Gasteiger partial charge on any atom is 0.123 e. The molecule has 0 aliphatic carbocycles. The maximum atomic E-state index is 6.09. The van der Waals surface area contributed by atoms with E-state index in [9.17, 15) is 0 Å². The molecule has 0 saturated heterocycles. The van der Waals surface area contributed by atoms with E-state index in [0.717, 1.165) is 16.6 Å². The molecule has 1 aromatic carbocycles. The largest absolute Gasteiger partial charge is 0.384 e. The molecule has 2 aromatic heterocycles. The average molecular weight is 245 g/mol. The van der Waals surface area contributed by atoms with Crippen LogP contribution in [0.1, 0.15) is 0 Å². The molecule has 2 heterocycles. The van der Waals surface area contributed by atoms with E-state index in [1.807, 2.05) is 24.3 Å². The van der Waals surface area contributed by atoms with Crippen LogP contribution in [-0.2, 0) is 0 Å². The van der Waals surface area contributed by atoms with Crippen LogP contribution in [0.15, 0.2) is 42.7 Å². The Morgan fingerprint density at radius 2 is 2.00 bits per heavy atom. The Balaban J connectivity index is 2.24. The average Bonchev–Trinajstić information content (AvgIpc) is 2.75. The van der Waals surface area contributed by atoms with Gasteiger partial charge in [-0.15, -0.1) is 0 Å². The standard InChI is InChI=1S/C12H9ClN4/c13-10-2-1-3-11-9(10)7-16-17(11)8-4-5-12(14)15-6-8/h1-7H,(H2,14,15). The number of hydrogen-bond acceptors (Lipinski definition) is 3. The minimum absolute atomic E-state index is 0.489. The van der Waals surface area contributed by atoms with Gasteiger partial charge in [-0.1, -0.05) is 17.7 Å². The van der Waals surface area contributed by atoms with Gasteiger partial charge in [-0.05, 0) is 24.3 Å². The van der Waals surface area contributed by atoms with Crippen molar-refractivity contribution >= 4 is 28.3 Å². The first-order valence-electron chi connectivity index (χ1n) is 5.10. The van der Waals surface area contributed by atoms with Crippen LogP contribution in [0, 0.1) is 0 Å². The van der Waals surface area contributed by atoms with Crippen molar-refractivity contribution in [1.82, 2.24) is 14.8 Å². The van der Waals surface area contributed by atoms with E-state index in [4.69, 9.17) is 17.3 Å². The molecule has 0 unspecified atom stereocenters. The fourth-order valence-corrected chi connectivity index (χ4v) is 1.96. The second-order valence-electron chi connectivity index (χ2n) is 3.67. The Labute approximate surface area is 103 Å². The molecule has 5 heteroatoms. The molecule has 0 bridgehead atoms. The summed E-state index contributed by atoms with van der Waals surface area (Å²) in [4.78, 5) is 4.05. The third-order valence-electron chi connectivity index (χ3n) is 2.58. The lowest BCUT2D eigenvalue weighted by Gasteiger charge is -2.03. The van der Waals surface area contributed by atoms with Crippen molar-refractivity contribution in [3.63, 3.8) is 0 Å². The zero-order valence-corrected chi connectivity index (χ0v) is 9.59. The number of nitrogens with two attached hydrogens (primary N) is 1. The van der Waals surface area contributed by atoms with Gasteiger partial charge in [0.05, 0.1) is 28.6 Å². The summed E-state index contributed by atoms with van der Waals surface area (Å²) in [6, 6.07) is 9.32. The third kappa shape index (κ3) is 1.62. The van der Waals surface area contributed by atoms with Crippen LogP contribution in [0.5, 0.6) is 0 Å². The maximum absolute atomic E-state index is 6.09. The first-order chi connectivity index (χ1) is 8.25. The van der Waals surface area contributed by atoms with Gasteiger partial charge in [0.2, 0.25) is 0 Å². The Morgan fingerprint density at radius 1 is 1.12 bits per heavy atom. The highest BCUT2D eigenvalue weighted by molar-refractivity contribution is 6.35. The number of halogens is 1. The molecule has 3 rings (SSSR count). The molecule has 2 N–H and O–H groups in total. The summed E-state index contributed by atoms with van der Waals surface area (Å²) in [6.07, 6.45) is 3.43. The van der Waals surface area contributed by atoms with Crippen LogP contribution in [0.4, 0.5) is 5.82 Å². The fraction of sp³-hybridized carbons (Fsp3) is 0. The number of rotatable bonds is 1. The summed E-state index contributed by atoms with van der Waals surface area (Å²) < 4.78 is 1.79. The Hall–Kier alpha value is -2.07. The fourth-order valence-electron chi connectivity index (χ4n) is 1.74. The molecule has 17 heavy (non-hydrogen) atoms. The second-order valence-corrected chi connectivity index (χ2v) is 4.08. The van der Waals surface area contributed by atoms with Gasteiger partial charge in [-0.25, -0.2) is 9.67 Å². The van der Waals surface area contributed by atoms with Gasteiger partial charge in [0.1, 0.15) is 5.82 Å². The zero-order valence-electron chi connectivity index (χ0n) is 8.84. The number of benzene rings is 1. The van der Waals surface area contributed by atoms with E-state index in [0.29, 0.717) is 10.8 Å². The van der Waals surface area contributed by atoms with Gasteiger partial charge in [0, 0.05) is 5.39 Å². The number of pyridine rings is 1. The highest BCUT2D eigenvalue weighted by atomic mass is 35.5. The molecule has 0 atom stereocenters. The third-order valence-corrected chi connectivity index (χ3v) is 2.91. The molecular formula is C12H9ClN4. The predicted octanol–water partition coefficient (Wildman–Crippen LogP) is 2.66. The number of hydrogen-bond donors (Lipinski definition) is 1. The van der Waals surface area contributed by atoms with E-state index in [1.165, 1.54) is 0 Å². The molecule has 4 nitrogen and oxygen atoms in total. The number of anilines is 1. The molecule has 0 saturated carbocycles. The molecule has 0 spiro atoms. The van der Waals surface area contributed by atoms with Crippen LogP contribution in [0.3, 0.4) is 0 Å². The van der Waals surface area contributed by atoms with Crippen LogP contribution >= 0.6 is 11.6 Å². The Kier molecular flexibility index (Phi) is 2.23. The normalized spacial score (nSPS) is 10.9. The van der Waals surface area contributed by atoms with Crippen LogP contribution in [-0.4, -0.2) is 14.8 Å². The van der Waals surface area contributed by atoms with Gasteiger partial charge < -0.3 is 5.73 Å². The monoisotopic (exact) mass is 244 g/mol. The van der Waals surface area contributed by atoms with Gasteiger partial charge in [0.15, 0.2) is 0 Å². The number of aromatic nitrogens is 3. The second kappa shape index (κ2) is 3.75. The Morgan fingerprint density at radius 3 is 2.76 bits per heavy atom. The van der Waals surface area contributed by atoms with Crippen molar-refractivity contribution in [2.45, 2.75) is 0 Å². The highest BCUT2D eigenvalue weighted by Gasteiger charge is 2.07. The first-order valence-corrected chi connectivity index (χ1v) is 5.47. The van der Waals surface area contributed by atoms with Crippen molar-refractivity contribution in [3.05, 3.63) is 47.7 Å². The van der Waals surface area contributed by atoms with Crippen molar-refractivity contribution in [1.29, 1.82) is 0 Å². The molecule has 0 amide bonds. The van der Waals surface area contributed by atoms with E-state index in [2.05, 4.69) is 10.1 Å². The van der Waals surface area contributed by atoms with Crippen molar-refractivity contribution < 1.29 is 0 Å². The topological polar surface area (TPSA) is 56.7 Å². The minimum atomic E-state index is 0.489. The first kappa shape index (κ1) is 10.1. The summed E-state index contributed by atoms with van der Waals surface area (Å²) in [6.45, 7) is 0. The Bertz CT molecular complexity index is 673. The van der Waals surface area contributed by atoms with E-state index in [1.54, 1.807) is 23.1 Å². The zero-order chi connectivity index (χ0) is 11.8. The number of nitrogen functional groups attached to an aromatic ring is 1. The van der Waals surface area contributed by atoms with Gasteiger partial charge in [0.25, 0.3) is 0 Å². The van der Waals surface area contributed by atoms with Gasteiger partial charge in [-0.3, -0.25) is 0 Å². The lowest BCUT2D eigenvalue weighted by atomic mass is 10.2.